The molecule has 0 bridgehead atoms. The number of aromatic nitrogens is 3. The standard InChI is InChI=1S/C13H9FN4O/c14-9-1-2-11(15)10(7-9)13-17-12(18-19-13)8-3-5-16-6-4-8/h1-7H,15H2. The van der Waals surface area contributed by atoms with Crippen molar-refractivity contribution in [3.05, 3.63) is 48.5 Å². The van der Waals surface area contributed by atoms with Gasteiger partial charge in [0.1, 0.15) is 5.82 Å². The third-order valence-electron chi connectivity index (χ3n) is 2.61. The third-order valence-corrected chi connectivity index (χ3v) is 2.61. The molecule has 2 heterocycles. The number of pyridine rings is 1. The Morgan fingerprint density at radius 1 is 1.11 bits per heavy atom. The third kappa shape index (κ3) is 2.15. The van der Waals surface area contributed by atoms with Crippen LogP contribution in [0.1, 0.15) is 0 Å². The van der Waals surface area contributed by atoms with Crippen LogP contribution in [0.5, 0.6) is 0 Å². The molecular weight excluding hydrogens is 247 g/mol. The largest absolute Gasteiger partial charge is 0.398 e. The summed E-state index contributed by atoms with van der Waals surface area (Å²) in [6.07, 6.45) is 3.25. The number of rotatable bonds is 2. The molecule has 0 saturated heterocycles. The van der Waals surface area contributed by atoms with Crippen molar-refractivity contribution in [3.8, 4) is 22.8 Å². The van der Waals surface area contributed by atoms with Crippen molar-refractivity contribution in [1.82, 2.24) is 15.1 Å². The molecule has 3 aromatic rings. The number of hydrogen-bond donors (Lipinski definition) is 1. The number of nitrogen functional groups attached to an aromatic ring is 1. The first kappa shape index (κ1) is 11.3. The van der Waals surface area contributed by atoms with Crippen LogP contribution in [0.3, 0.4) is 0 Å². The molecule has 0 aliphatic rings. The Hall–Kier alpha value is -2.76. The van der Waals surface area contributed by atoms with Gasteiger partial charge in [-0.3, -0.25) is 4.98 Å². The molecule has 0 unspecified atom stereocenters. The van der Waals surface area contributed by atoms with E-state index in [1.807, 2.05) is 0 Å². The quantitative estimate of drug-likeness (QED) is 0.713. The Kier molecular flexibility index (Phi) is 2.68. The summed E-state index contributed by atoms with van der Waals surface area (Å²) in [5.41, 5.74) is 7.29. The Labute approximate surface area is 107 Å². The van der Waals surface area contributed by atoms with Gasteiger partial charge in [0.2, 0.25) is 5.82 Å². The molecule has 0 aliphatic heterocycles. The van der Waals surface area contributed by atoms with E-state index in [0.717, 1.165) is 5.56 Å². The summed E-state index contributed by atoms with van der Waals surface area (Å²) < 4.78 is 18.3. The molecule has 0 saturated carbocycles. The molecule has 2 aromatic heterocycles. The number of halogens is 1. The highest BCUT2D eigenvalue weighted by molar-refractivity contribution is 5.71. The summed E-state index contributed by atoms with van der Waals surface area (Å²) in [6, 6.07) is 7.51. The lowest BCUT2D eigenvalue weighted by Crippen LogP contribution is -1.91. The first-order valence-corrected chi connectivity index (χ1v) is 5.53. The number of anilines is 1. The topological polar surface area (TPSA) is 77.8 Å². The molecule has 19 heavy (non-hydrogen) atoms. The molecule has 94 valence electrons. The summed E-state index contributed by atoms with van der Waals surface area (Å²) in [4.78, 5) is 8.11. The van der Waals surface area contributed by atoms with Gasteiger partial charge in [0, 0.05) is 23.6 Å². The van der Waals surface area contributed by atoms with Gasteiger partial charge in [-0.15, -0.1) is 0 Å². The second-order valence-corrected chi connectivity index (χ2v) is 3.89. The Morgan fingerprint density at radius 3 is 2.68 bits per heavy atom. The molecule has 0 radical (unpaired) electrons. The Morgan fingerprint density at radius 2 is 1.89 bits per heavy atom. The van der Waals surface area contributed by atoms with Gasteiger partial charge in [-0.25, -0.2) is 4.39 Å². The summed E-state index contributed by atoms with van der Waals surface area (Å²) >= 11 is 0. The minimum absolute atomic E-state index is 0.184. The lowest BCUT2D eigenvalue weighted by Gasteiger charge is -1.99. The molecule has 0 atom stereocenters. The van der Waals surface area contributed by atoms with Crippen molar-refractivity contribution in [2.75, 3.05) is 5.73 Å². The molecule has 0 aliphatic carbocycles. The fraction of sp³-hybridized carbons (Fsp3) is 0. The van der Waals surface area contributed by atoms with Crippen molar-refractivity contribution in [1.29, 1.82) is 0 Å². The van der Waals surface area contributed by atoms with E-state index in [1.54, 1.807) is 24.5 Å². The minimum atomic E-state index is -0.409. The van der Waals surface area contributed by atoms with Gasteiger partial charge in [-0.1, -0.05) is 5.16 Å². The fourth-order valence-corrected chi connectivity index (χ4v) is 1.66. The number of nitrogens with two attached hydrogens (primary N) is 1. The van der Waals surface area contributed by atoms with Gasteiger partial charge >= 0.3 is 0 Å². The highest BCUT2D eigenvalue weighted by Gasteiger charge is 2.13. The molecule has 0 spiro atoms. The van der Waals surface area contributed by atoms with Crippen LogP contribution in [-0.4, -0.2) is 15.1 Å². The van der Waals surface area contributed by atoms with Gasteiger partial charge in [-0.2, -0.15) is 4.98 Å². The molecule has 3 rings (SSSR count). The van der Waals surface area contributed by atoms with Crippen LogP contribution in [0.25, 0.3) is 22.8 Å². The summed E-state index contributed by atoms with van der Waals surface area (Å²) in [7, 11) is 0. The SMILES string of the molecule is Nc1ccc(F)cc1-c1nc(-c2ccncc2)no1. The zero-order valence-electron chi connectivity index (χ0n) is 9.75. The van der Waals surface area contributed by atoms with Crippen molar-refractivity contribution in [2.45, 2.75) is 0 Å². The molecule has 1 aromatic carbocycles. The first-order chi connectivity index (χ1) is 9.24. The maximum absolute atomic E-state index is 13.2. The zero-order chi connectivity index (χ0) is 13.2. The van der Waals surface area contributed by atoms with Crippen molar-refractivity contribution in [2.24, 2.45) is 0 Å². The molecular formula is C13H9FN4O. The van der Waals surface area contributed by atoms with Crippen LogP contribution in [0.15, 0.2) is 47.2 Å². The van der Waals surface area contributed by atoms with Crippen molar-refractivity contribution < 1.29 is 8.91 Å². The van der Waals surface area contributed by atoms with Gasteiger partial charge in [0.05, 0.1) is 5.56 Å². The van der Waals surface area contributed by atoms with E-state index >= 15 is 0 Å². The highest BCUT2D eigenvalue weighted by Crippen LogP contribution is 2.27. The van der Waals surface area contributed by atoms with Gasteiger partial charge in [0.25, 0.3) is 5.89 Å². The van der Waals surface area contributed by atoms with Gasteiger partial charge < -0.3 is 10.3 Å². The highest BCUT2D eigenvalue weighted by atomic mass is 19.1. The average molecular weight is 256 g/mol. The normalized spacial score (nSPS) is 10.6. The number of benzene rings is 1. The Balaban J connectivity index is 2.04. The summed E-state index contributed by atoms with van der Waals surface area (Å²) in [6.45, 7) is 0. The smallest absolute Gasteiger partial charge is 0.260 e. The zero-order valence-corrected chi connectivity index (χ0v) is 9.75. The lowest BCUT2D eigenvalue weighted by atomic mass is 10.2. The molecule has 0 fully saturated rings. The van der Waals surface area contributed by atoms with Gasteiger partial charge in [0.15, 0.2) is 0 Å². The van der Waals surface area contributed by atoms with Crippen molar-refractivity contribution >= 4 is 5.69 Å². The number of nitrogens with zero attached hydrogens (tertiary/aromatic N) is 3. The second-order valence-electron chi connectivity index (χ2n) is 3.89. The second kappa shape index (κ2) is 4.49. The predicted molar refractivity (Wildman–Crippen MR) is 67.3 cm³/mol. The van der Waals surface area contributed by atoms with E-state index < -0.39 is 5.82 Å². The monoisotopic (exact) mass is 256 g/mol. The van der Waals surface area contributed by atoms with Crippen LogP contribution >= 0.6 is 0 Å². The van der Waals surface area contributed by atoms with Crippen LogP contribution < -0.4 is 5.73 Å². The van der Waals surface area contributed by atoms with Crippen LogP contribution in [0.2, 0.25) is 0 Å². The van der Waals surface area contributed by atoms with Crippen LogP contribution in [0, 0.1) is 5.82 Å². The van der Waals surface area contributed by atoms with E-state index in [9.17, 15) is 4.39 Å². The van der Waals surface area contributed by atoms with E-state index in [-0.39, 0.29) is 5.89 Å². The van der Waals surface area contributed by atoms with Crippen LogP contribution in [-0.2, 0) is 0 Å². The minimum Gasteiger partial charge on any atom is -0.398 e. The van der Waals surface area contributed by atoms with Gasteiger partial charge in [-0.05, 0) is 30.3 Å². The molecule has 2 N–H and O–H groups in total. The fourth-order valence-electron chi connectivity index (χ4n) is 1.66. The van der Waals surface area contributed by atoms with E-state index in [0.29, 0.717) is 17.1 Å². The summed E-state index contributed by atoms with van der Waals surface area (Å²) in [5.74, 6) is 0.178. The maximum Gasteiger partial charge on any atom is 0.260 e. The number of hydrogen-bond acceptors (Lipinski definition) is 5. The van der Waals surface area contributed by atoms with E-state index in [4.69, 9.17) is 10.3 Å². The maximum atomic E-state index is 13.2. The predicted octanol–water partition coefficient (Wildman–Crippen LogP) is 2.52. The Bertz CT molecular complexity index is 712. The van der Waals surface area contributed by atoms with Crippen molar-refractivity contribution in [3.63, 3.8) is 0 Å². The average Bonchev–Trinajstić information content (AvgIpc) is 2.92. The lowest BCUT2D eigenvalue weighted by molar-refractivity contribution is 0.432. The van der Waals surface area contributed by atoms with E-state index in [1.165, 1.54) is 18.2 Å². The first-order valence-electron chi connectivity index (χ1n) is 5.53. The van der Waals surface area contributed by atoms with E-state index in [2.05, 4.69) is 15.1 Å². The summed E-state index contributed by atoms with van der Waals surface area (Å²) in [5, 5.41) is 3.84. The van der Waals surface area contributed by atoms with Crippen LogP contribution in [0.4, 0.5) is 10.1 Å². The molecule has 0 amide bonds. The molecule has 5 nitrogen and oxygen atoms in total. The molecule has 6 heteroatoms.